The molecule has 0 amide bonds. The number of aromatic nitrogens is 3. The van der Waals surface area contributed by atoms with Gasteiger partial charge < -0.3 is 29.4 Å². The van der Waals surface area contributed by atoms with Crippen molar-refractivity contribution in [1.82, 2.24) is 14.8 Å². The number of aliphatic hydroxyl groups excluding tert-OH is 1. The Morgan fingerprint density at radius 1 is 1.27 bits per heavy atom. The Labute approximate surface area is 183 Å². The van der Waals surface area contributed by atoms with E-state index in [1.54, 1.807) is 16.8 Å². The molecule has 1 aliphatic heterocycles. The van der Waals surface area contributed by atoms with Gasteiger partial charge in [-0.3, -0.25) is 14.3 Å². The van der Waals surface area contributed by atoms with E-state index in [1.165, 1.54) is 0 Å². The van der Waals surface area contributed by atoms with Gasteiger partial charge in [-0.15, -0.1) is 0 Å². The van der Waals surface area contributed by atoms with Crippen LogP contribution in [0.2, 0.25) is 0 Å². The number of hydrogen-bond donors (Lipinski definition) is 6. The van der Waals surface area contributed by atoms with Gasteiger partial charge in [0.05, 0.1) is 9.30 Å². The number of rotatable bonds is 8. The van der Waals surface area contributed by atoms with Gasteiger partial charge >= 0.3 is 29.2 Å². The van der Waals surface area contributed by atoms with E-state index in [0.29, 0.717) is 6.20 Å². The standard InChI is InChI=1S/C11H14F2N3O14P3/c12-3-1-2-11(13)8(18)6(28-9(11)16-10(19)15-7(17)4-14-16)5-27-32(23,24)30-33(25,26)29-31(20,21)22/h4,6,8-9,18H,3,5H2,(H,23,24)(H,25,26)(H,15,17,19)(H2,20,21,22)/t6-,8+,9-,11?/m1/s1/i5D2. The summed E-state index contributed by atoms with van der Waals surface area (Å²) < 4.78 is 93.3. The highest BCUT2D eigenvalue weighted by molar-refractivity contribution is 7.66. The molecular weight excluding hydrogens is 529 g/mol. The minimum Gasteiger partial charge on any atom is -0.386 e. The van der Waals surface area contributed by atoms with Gasteiger partial charge in [-0.2, -0.15) is 18.4 Å². The van der Waals surface area contributed by atoms with Gasteiger partial charge in [0.2, 0.25) is 11.9 Å². The molecule has 0 aromatic carbocycles. The Morgan fingerprint density at radius 3 is 2.45 bits per heavy atom. The quantitative estimate of drug-likeness (QED) is 0.156. The molecule has 0 saturated carbocycles. The molecule has 17 nitrogen and oxygen atoms in total. The second kappa shape index (κ2) is 9.92. The highest BCUT2D eigenvalue weighted by Gasteiger charge is 2.59. The van der Waals surface area contributed by atoms with Crippen molar-refractivity contribution in [1.29, 1.82) is 0 Å². The summed E-state index contributed by atoms with van der Waals surface area (Å²) in [5, 5.41) is 13.6. The third-order valence-electron chi connectivity index (χ3n) is 3.36. The molecule has 1 aromatic rings. The summed E-state index contributed by atoms with van der Waals surface area (Å²) in [6.45, 7) is -5.38. The number of halogens is 2. The summed E-state index contributed by atoms with van der Waals surface area (Å²) >= 11 is 0. The topological polar surface area (TPSA) is 257 Å². The van der Waals surface area contributed by atoms with E-state index in [9.17, 15) is 37.7 Å². The lowest BCUT2D eigenvalue weighted by molar-refractivity contribution is -0.0603. The predicted octanol–water partition coefficient (Wildman–Crippen LogP) is -1.79. The van der Waals surface area contributed by atoms with Gasteiger partial charge in [-0.1, -0.05) is 11.8 Å². The SMILES string of the molecule is [2H]C([2H])(OP(=O)(O)OP(=O)(O)OP(=O)(O)O)[C@H]1O[C@@H](n2ncc(=O)[nH]c2=O)C(F)(C#CCF)[C@H]1O. The second-order valence-corrected chi connectivity index (χ2v) is 10.1. The monoisotopic (exact) mass is 545 g/mol. The molecule has 1 saturated heterocycles. The lowest BCUT2D eigenvalue weighted by atomic mass is 9.97. The molecule has 1 fully saturated rings. The molecule has 2 rings (SSSR count). The van der Waals surface area contributed by atoms with Gasteiger partial charge in [0.15, 0.2) is 0 Å². The van der Waals surface area contributed by atoms with E-state index in [2.05, 4.69) is 18.2 Å². The fourth-order valence-electron chi connectivity index (χ4n) is 2.26. The lowest BCUT2D eigenvalue weighted by Gasteiger charge is -2.23. The molecule has 6 N–H and O–H groups in total. The van der Waals surface area contributed by atoms with Crippen LogP contribution in [-0.4, -0.2) is 70.6 Å². The number of hydrogen-bond acceptors (Lipinski definition) is 11. The van der Waals surface area contributed by atoms with Crippen LogP contribution in [0.15, 0.2) is 15.8 Å². The van der Waals surface area contributed by atoms with Gasteiger partial charge in [0, 0.05) is 0 Å². The molecule has 0 aliphatic carbocycles. The Balaban J connectivity index is 2.43. The summed E-state index contributed by atoms with van der Waals surface area (Å²) in [7, 11) is -18.0. The highest BCUT2D eigenvalue weighted by atomic mass is 31.3. The Morgan fingerprint density at radius 2 is 1.91 bits per heavy atom. The smallest absolute Gasteiger partial charge is 0.386 e. The molecule has 0 radical (unpaired) electrons. The number of phosphoric acid groups is 3. The first kappa shape index (κ1) is 24.5. The summed E-state index contributed by atoms with van der Waals surface area (Å²) in [6.07, 6.45) is -7.68. The van der Waals surface area contributed by atoms with E-state index in [0.717, 1.165) is 0 Å². The van der Waals surface area contributed by atoms with Crippen molar-refractivity contribution in [3.05, 3.63) is 27.0 Å². The second-order valence-electron chi connectivity index (χ2n) is 5.74. The summed E-state index contributed by atoms with van der Waals surface area (Å²) in [6, 6.07) is 0. The van der Waals surface area contributed by atoms with Crippen molar-refractivity contribution < 1.29 is 67.8 Å². The first-order chi connectivity index (χ1) is 15.7. The number of aromatic amines is 1. The Hall–Kier alpha value is -1.64. The first-order valence-corrected chi connectivity index (χ1v) is 12.4. The van der Waals surface area contributed by atoms with E-state index < -0.39 is 72.1 Å². The molecular formula is C11H14F2N3O14P3. The molecule has 186 valence electrons. The average molecular weight is 545 g/mol. The van der Waals surface area contributed by atoms with Gasteiger partial charge in [-0.05, 0) is 0 Å². The van der Waals surface area contributed by atoms with Crippen LogP contribution >= 0.6 is 23.5 Å². The molecule has 1 aromatic heterocycles. The van der Waals surface area contributed by atoms with E-state index in [4.69, 9.17) is 22.2 Å². The lowest BCUT2D eigenvalue weighted by Crippen LogP contribution is -2.46. The number of phosphoric ester groups is 1. The number of nitrogens with one attached hydrogen (secondary N) is 1. The van der Waals surface area contributed by atoms with E-state index in [-0.39, 0.29) is 4.68 Å². The van der Waals surface area contributed by atoms with Gasteiger partial charge in [-0.25, -0.2) is 27.3 Å². The summed E-state index contributed by atoms with van der Waals surface area (Å²) in [5.41, 5.74) is -6.10. The van der Waals surface area contributed by atoms with Crippen molar-refractivity contribution in [2.75, 3.05) is 13.2 Å². The Kier molecular flexibility index (Phi) is 7.36. The van der Waals surface area contributed by atoms with Crippen molar-refractivity contribution in [2.24, 2.45) is 0 Å². The molecule has 3 unspecified atom stereocenters. The summed E-state index contributed by atoms with van der Waals surface area (Å²) in [4.78, 5) is 60.5. The molecule has 33 heavy (non-hydrogen) atoms. The number of alkyl halides is 2. The Bertz CT molecular complexity index is 1290. The highest BCUT2D eigenvalue weighted by Crippen LogP contribution is 2.66. The molecule has 0 bridgehead atoms. The van der Waals surface area contributed by atoms with Crippen molar-refractivity contribution in [3.63, 3.8) is 0 Å². The third-order valence-corrected chi connectivity index (χ3v) is 7.02. The van der Waals surface area contributed by atoms with Crippen LogP contribution in [-0.2, 0) is 31.6 Å². The maximum Gasteiger partial charge on any atom is 0.490 e. The zero-order valence-electron chi connectivity index (χ0n) is 17.4. The number of ether oxygens (including phenoxy) is 1. The fraction of sp³-hybridized carbons (Fsp3) is 0.545. The van der Waals surface area contributed by atoms with Crippen molar-refractivity contribution in [3.8, 4) is 11.8 Å². The van der Waals surface area contributed by atoms with Crippen LogP contribution in [0.25, 0.3) is 0 Å². The molecule has 6 atom stereocenters. The number of H-pyrrole nitrogens is 1. The minimum atomic E-state index is -6.17. The van der Waals surface area contributed by atoms with Crippen molar-refractivity contribution >= 4 is 23.5 Å². The third kappa shape index (κ3) is 7.17. The van der Waals surface area contributed by atoms with Crippen LogP contribution in [0.5, 0.6) is 0 Å². The zero-order valence-corrected chi connectivity index (χ0v) is 18.1. The van der Waals surface area contributed by atoms with Crippen molar-refractivity contribution in [2.45, 2.75) is 24.1 Å². The van der Waals surface area contributed by atoms with Crippen LogP contribution in [0.3, 0.4) is 0 Å². The van der Waals surface area contributed by atoms with Gasteiger partial charge in [0.25, 0.3) is 5.56 Å². The van der Waals surface area contributed by atoms with Crippen LogP contribution in [0.4, 0.5) is 8.78 Å². The fourth-order valence-corrected chi connectivity index (χ4v) is 5.13. The molecule has 22 heteroatoms. The predicted molar refractivity (Wildman–Crippen MR) is 96.4 cm³/mol. The molecule has 1 aliphatic rings. The van der Waals surface area contributed by atoms with Crippen LogP contribution in [0, 0.1) is 11.8 Å². The first-order valence-electron chi connectivity index (χ1n) is 8.84. The minimum absolute atomic E-state index is 0.0262. The van der Waals surface area contributed by atoms with Crippen LogP contribution < -0.4 is 11.2 Å². The maximum absolute atomic E-state index is 15.6. The normalized spacial score (nSPS) is 30.3. The number of nitrogens with zero attached hydrogens (tertiary/aromatic N) is 2. The largest absolute Gasteiger partial charge is 0.490 e. The molecule has 0 spiro atoms. The zero-order chi connectivity index (χ0) is 27.0. The summed E-state index contributed by atoms with van der Waals surface area (Å²) in [5.74, 6) is 3.11. The molecule has 2 heterocycles. The average Bonchev–Trinajstić information content (AvgIpc) is 2.88. The number of aliphatic hydroxyl groups is 1. The van der Waals surface area contributed by atoms with E-state index in [1.807, 2.05) is 0 Å². The van der Waals surface area contributed by atoms with Crippen LogP contribution in [0.1, 0.15) is 8.97 Å². The van der Waals surface area contributed by atoms with E-state index >= 15 is 4.39 Å². The van der Waals surface area contributed by atoms with Gasteiger partial charge in [0.1, 0.15) is 25.1 Å². The maximum atomic E-state index is 15.6.